The second-order valence-electron chi connectivity index (χ2n) is 15.7. The predicted molar refractivity (Wildman–Crippen MR) is 199 cm³/mol. The van der Waals surface area contributed by atoms with Crippen molar-refractivity contribution >= 4 is 35.0 Å². The van der Waals surface area contributed by atoms with Gasteiger partial charge in [0, 0.05) is 36.1 Å². The minimum Gasteiger partial charge on any atom is -0.458 e. The molecule has 0 bridgehead atoms. The lowest BCUT2D eigenvalue weighted by molar-refractivity contribution is -0.296. The Morgan fingerprint density at radius 1 is 1.09 bits per heavy atom. The Labute approximate surface area is 326 Å². The van der Waals surface area contributed by atoms with Gasteiger partial charge in [-0.15, -0.1) is 11.3 Å². The first-order chi connectivity index (χ1) is 25.9. The average Bonchev–Trinajstić information content (AvgIpc) is 3.91. The van der Waals surface area contributed by atoms with Gasteiger partial charge in [-0.25, -0.2) is 4.79 Å². The summed E-state index contributed by atoms with van der Waals surface area (Å²) >= 11 is 1.41. The van der Waals surface area contributed by atoms with E-state index in [4.69, 9.17) is 28.2 Å². The number of alkyl carbamates (subject to hydrolysis) is 1. The summed E-state index contributed by atoms with van der Waals surface area (Å²) in [5.41, 5.74) is -0.566. The highest BCUT2D eigenvalue weighted by atomic mass is 32.1. The normalized spacial score (nSPS) is 37.6. The van der Waals surface area contributed by atoms with E-state index in [1.165, 1.54) is 18.3 Å². The molecule has 0 unspecified atom stereocenters. The minimum atomic E-state index is -1.44. The second kappa shape index (κ2) is 17.2. The number of hydrogen-bond acceptors (Lipinski definition) is 15. The first-order valence-corrected chi connectivity index (χ1v) is 19.7. The molecule has 0 radical (unpaired) electrons. The lowest BCUT2D eigenvalue weighted by Crippen LogP contribution is -2.60. The Morgan fingerprint density at radius 3 is 2.47 bits per heavy atom. The van der Waals surface area contributed by atoms with Gasteiger partial charge < -0.3 is 43.5 Å². The topological polar surface area (TPSA) is 189 Å². The van der Waals surface area contributed by atoms with Crippen LogP contribution >= 0.6 is 11.3 Å². The van der Waals surface area contributed by atoms with Crippen molar-refractivity contribution in [3.63, 3.8) is 0 Å². The van der Waals surface area contributed by atoms with Crippen LogP contribution in [-0.2, 0) is 38.1 Å². The number of nitrogens with zero attached hydrogens (tertiary/aromatic N) is 3. The Balaban J connectivity index is 1.55. The summed E-state index contributed by atoms with van der Waals surface area (Å²) in [6.07, 6.45) is -2.97. The lowest BCUT2D eigenvalue weighted by atomic mass is 9.73. The van der Waals surface area contributed by atoms with Crippen molar-refractivity contribution in [3.05, 3.63) is 23.5 Å². The van der Waals surface area contributed by atoms with E-state index in [0.717, 1.165) is 4.88 Å². The number of nitrogens with one attached hydrogen (secondary N) is 1. The third-order valence-corrected chi connectivity index (χ3v) is 12.1. The zero-order valence-corrected chi connectivity index (χ0v) is 34.0. The van der Waals surface area contributed by atoms with E-state index >= 15 is 0 Å². The van der Waals surface area contributed by atoms with E-state index < -0.39 is 83.4 Å². The van der Waals surface area contributed by atoms with Crippen LogP contribution in [-0.4, -0.2) is 118 Å². The Bertz CT molecular complexity index is 1760. The molecule has 3 saturated heterocycles. The van der Waals surface area contributed by atoms with E-state index in [1.807, 2.05) is 25.9 Å². The number of cyclic esters (lactones) is 1. The number of ketones is 2. The van der Waals surface area contributed by atoms with Crippen molar-refractivity contribution in [1.82, 2.24) is 20.4 Å². The maximum absolute atomic E-state index is 14.4. The number of carbonyl (C=O) groups excluding carboxylic acids is 4. The van der Waals surface area contributed by atoms with Crippen LogP contribution in [0.3, 0.4) is 0 Å². The predicted octanol–water partition coefficient (Wildman–Crippen LogP) is 4.01. The third-order valence-electron chi connectivity index (χ3n) is 11.3. The molecule has 0 saturated carbocycles. The number of esters is 1. The number of fused-ring (bicyclic) bond motifs is 1. The van der Waals surface area contributed by atoms with Gasteiger partial charge in [0.2, 0.25) is 5.76 Å². The molecule has 16 heteroatoms. The van der Waals surface area contributed by atoms with Crippen LogP contribution in [0.2, 0.25) is 0 Å². The zero-order chi connectivity index (χ0) is 40.4. The van der Waals surface area contributed by atoms with Crippen LogP contribution < -0.4 is 5.32 Å². The standard InChI is InChI=1S/C39H54N4O11S/c1-11-29-39(8)33(41-37(48)53-39)22(4)30(44)20(2)17-38(7,49-14-12-13-25-16-26(42-54-25)28-18-40-19-55-28)34(23(5)31(45)24(6)35(47)51-29)52-36-32(46)27(43(9)10)15-21(3)50-36/h16,18-24,27,29,32-34,36,46H,11,14-15,17H2,1-10H3,(H,41,48)/t20-,21-,22+,23+,24-,27+,29-,32-,33-,34-,36+,38+,39-/m1/s1. The second-order valence-corrected chi connectivity index (χ2v) is 16.6. The molecule has 2 aromatic rings. The van der Waals surface area contributed by atoms with Gasteiger partial charge in [-0.2, -0.15) is 0 Å². The number of likely N-dealkylation sites (N-methyl/N-ethyl adjacent to an activating group) is 1. The summed E-state index contributed by atoms with van der Waals surface area (Å²) in [5.74, 6) is 0.804. The highest BCUT2D eigenvalue weighted by molar-refractivity contribution is 7.13. The van der Waals surface area contributed by atoms with Crippen molar-refractivity contribution < 1.29 is 52.5 Å². The van der Waals surface area contributed by atoms with Crippen LogP contribution in [0.5, 0.6) is 0 Å². The van der Waals surface area contributed by atoms with Crippen LogP contribution in [0, 0.1) is 35.5 Å². The quantitative estimate of drug-likeness (QED) is 0.233. The summed E-state index contributed by atoms with van der Waals surface area (Å²) in [5, 5.41) is 18.4. The molecule has 0 aliphatic carbocycles. The van der Waals surface area contributed by atoms with Gasteiger partial charge in [0.25, 0.3) is 0 Å². The van der Waals surface area contributed by atoms with Crippen molar-refractivity contribution in [2.24, 2.45) is 23.7 Å². The van der Waals surface area contributed by atoms with Gasteiger partial charge in [-0.3, -0.25) is 19.4 Å². The number of amides is 1. The van der Waals surface area contributed by atoms with E-state index in [2.05, 4.69) is 27.3 Å². The molecule has 5 rings (SSSR count). The van der Waals surface area contributed by atoms with E-state index in [-0.39, 0.29) is 37.4 Å². The molecule has 3 fully saturated rings. The average molecular weight is 787 g/mol. The van der Waals surface area contributed by atoms with Crippen LogP contribution in [0.15, 0.2) is 22.3 Å². The SMILES string of the molecule is CC[C@H]1OC(=O)[C@H](C)C(=O)[C@H](C)[C@@H](O[C@@H]2O[C@H](C)C[C@H](N(C)C)[C@H]2O)[C@@](C)(OCC#Cc2cc(-c3cncs3)no2)C[C@@H](C)C(=O)[C@H](C)[C@H]2NC(=O)O[C@@]21C. The fraction of sp³-hybridized carbons (Fsp3) is 0.692. The minimum absolute atomic E-state index is 0.0295. The molecular formula is C39H54N4O11S. The summed E-state index contributed by atoms with van der Waals surface area (Å²) in [4.78, 5) is 62.0. The molecule has 302 valence electrons. The van der Waals surface area contributed by atoms with Gasteiger partial charge in [0.1, 0.15) is 36.2 Å². The maximum atomic E-state index is 14.4. The fourth-order valence-corrected chi connectivity index (χ4v) is 8.82. The molecule has 55 heavy (non-hydrogen) atoms. The van der Waals surface area contributed by atoms with Gasteiger partial charge in [0.15, 0.2) is 17.7 Å². The first-order valence-electron chi connectivity index (χ1n) is 18.8. The molecule has 0 aromatic carbocycles. The van der Waals surface area contributed by atoms with Gasteiger partial charge >= 0.3 is 12.1 Å². The largest absolute Gasteiger partial charge is 0.458 e. The number of aromatic nitrogens is 2. The van der Waals surface area contributed by atoms with Gasteiger partial charge in [0.05, 0.1) is 34.2 Å². The van der Waals surface area contributed by atoms with Crippen LogP contribution in [0.1, 0.15) is 80.4 Å². The molecule has 13 atom stereocenters. The van der Waals surface area contributed by atoms with Gasteiger partial charge in [-0.1, -0.05) is 38.8 Å². The first kappa shape index (κ1) is 42.4. The zero-order valence-electron chi connectivity index (χ0n) is 33.2. The molecular weight excluding hydrogens is 733 g/mol. The Kier molecular flexibility index (Phi) is 13.3. The Morgan fingerprint density at radius 2 is 1.82 bits per heavy atom. The molecule has 5 heterocycles. The van der Waals surface area contributed by atoms with E-state index in [1.54, 1.807) is 59.3 Å². The Hall–Kier alpha value is -3.72. The van der Waals surface area contributed by atoms with Gasteiger partial charge in [-0.05, 0) is 67.0 Å². The fourth-order valence-electron chi connectivity index (χ4n) is 8.24. The highest BCUT2D eigenvalue weighted by Gasteiger charge is 2.57. The molecule has 2 aromatic heterocycles. The number of rotatable bonds is 7. The van der Waals surface area contributed by atoms with Crippen LogP contribution in [0.25, 0.3) is 10.6 Å². The highest BCUT2D eigenvalue weighted by Crippen LogP contribution is 2.40. The van der Waals surface area contributed by atoms with E-state index in [0.29, 0.717) is 17.9 Å². The summed E-state index contributed by atoms with van der Waals surface area (Å²) in [6, 6.07) is 0.510. The summed E-state index contributed by atoms with van der Waals surface area (Å²) < 4.78 is 36.5. The maximum Gasteiger partial charge on any atom is 0.408 e. The molecule has 3 aliphatic heterocycles. The van der Waals surface area contributed by atoms with Crippen molar-refractivity contribution in [3.8, 4) is 22.4 Å². The number of ether oxygens (including phenoxy) is 5. The van der Waals surface area contributed by atoms with Crippen molar-refractivity contribution in [2.75, 3.05) is 20.7 Å². The lowest BCUT2D eigenvalue weighted by Gasteiger charge is -2.47. The number of aliphatic hydroxyl groups is 1. The number of carbonyl (C=O) groups is 4. The number of thiazole rings is 1. The number of aliphatic hydroxyl groups excluding tert-OH is 1. The summed E-state index contributed by atoms with van der Waals surface area (Å²) in [6.45, 7) is 13.4. The molecule has 15 nitrogen and oxygen atoms in total. The van der Waals surface area contributed by atoms with E-state index in [9.17, 15) is 24.3 Å². The molecule has 1 amide bonds. The third kappa shape index (κ3) is 8.97. The smallest absolute Gasteiger partial charge is 0.408 e. The number of hydrogen-bond donors (Lipinski definition) is 2. The number of Topliss-reactive ketones (excluding diaryl/α,β-unsaturated/α-hetero) is 2. The summed E-state index contributed by atoms with van der Waals surface area (Å²) in [7, 11) is 3.71. The molecule has 2 N–H and O–H groups in total. The van der Waals surface area contributed by atoms with Crippen molar-refractivity contribution in [1.29, 1.82) is 0 Å². The van der Waals surface area contributed by atoms with Crippen LogP contribution in [0.4, 0.5) is 4.79 Å². The van der Waals surface area contributed by atoms with Crippen molar-refractivity contribution in [2.45, 2.75) is 129 Å². The molecule has 0 spiro atoms. The molecule has 3 aliphatic rings. The monoisotopic (exact) mass is 786 g/mol.